The lowest BCUT2D eigenvalue weighted by Crippen LogP contribution is -2.15. The first-order valence-corrected chi connectivity index (χ1v) is 6.22. The molecule has 0 spiro atoms. The zero-order valence-corrected chi connectivity index (χ0v) is 10.7. The minimum atomic E-state index is -0.791. The molecule has 1 fully saturated rings. The van der Waals surface area contributed by atoms with Crippen LogP contribution in [0.5, 0.6) is 11.5 Å². The molecule has 0 radical (unpaired) electrons. The molecule has 0 bridgehead atoms. The first kappa shape index (κ1) is 11.7. The van der Waals surface area contributed by atoms with Crippen LogP contribution in [0.25, 0.3) is 0 Å². The van der Waals surface area contributed by atoms with Gasteiger partial charge in [0.05, 0.1) is 11.4 Å². The molecule has 1 aromatic carbocycles. The first-order chi connectivity index (χ1) is 8.53. The van der Waals surface area contributed by atoms with Crippen molar-refractivity contribution in [1.29, 1.82) is 0 Å². The molecule has 0 aromatic heterocycles. The average Bonchev–Trinajstić information content (AvgIpc) is 2.87. The number of benzene rings is 1. The number of carbonyl (C=O) groups is 1. The van der Waals surface area contributed by atoms with Gasteiger partial charge in [0.25, 0.3) is 0 Å². The van der Waals surface area contributed by atoms with E-state index in [9.17, 15) is 4.79 Å². The van der Waals surface area contributed by atoms with E-state index in [0.717, 1.165) is 24.0 Å². The van der Waals surface area contributed by atoms with Crippen LogP contribution in [0.4, 0.5) is 0 Å². The quantitative estimate of drug-likeness (QED) is 0.916. The highest BCUT2D eigenvalue weighted by Crippen LogP contribution is 2.57. The summed E-state index contributed by atoms with van der Waals surface area (Å²) in [6.07, 6.45) is 1.84. The van der Waals surface area contributed by atoms with Crippen molar-refractivity contribution in [2.75, 3.05) is 6.79 Å². The Bertz CT molecular complexity index is 534. The summed E-state index contributed by atoms with van der Waals surface area (Å²) < 4.78 is 10.7. The summed E-state index contributed by atoms with van der Waals surface area (Å²) in [6, 6.07) is 1.88. The van der Waals surface area contributed by atoms with E-state index in [0.29, 0.717) is 16.5 Å². The third-order valence-electron chi connectivity index (χ3n) is 3.68. The van der Waals surface area contributed by atoms with Crippen LogP contribution >= 0.6 is 11.6 Å². The van der Waals surface area contributed by atoms with Gasteiger partial charge in [0.1, 0.15) is 0 Å². The Labute approximate surface area is 109 Å². The number of rotatable bonds is 3. The van der Waals surface area contributed by atoms with Crippen LogP contribution < -0.4 is 9.47 Å². The second-order valence-electron chi connectivity index (χ2n) is 4.97. The normalized spacial score (nSPS) is 18.8. The fraction of sp³-hybridized carbons (Fsp3) is 0.462. The van der Waals surface area contributed by atoms with Crippen molar-refractivity contribution in [3.05, 3.63) is 22.2 Å². The third-order valence-corrected chi connectivity index (χ3v) is 4.04. The summed E-state index contributed by atoms with van der Waals surface area (Å²) in [4.78, 5) is 11.0. The van der Waals surface area contributed by atoms with Gasteiger partial charge >= 0.3 is 5.97 Å². The predicted octanol–water partition coefficient (Wildman–Crippen LogP) is 2.88. The van der Waals surface area contributed by atoms with Crippen LogP contribution in [0.2, 0.25) is 5.02 Å². The first-order valence-electron chi connectivity index (χ1n) is 5.84. The molecule has 1 aliphatic heterocycles. The Kier molecular flexibility index (Phi) is 2.45. The van der Waals surface area contributed by atoms with Gasteiger partial charge in [0.2, 0.25) is 6.79 Å². The number of hydrogen-bond acceptors (Lipinski definition) is 3. The number of fused-ring (bicyclic) bond motifs is 1. The second-order valence-corrected chi connectivity index (χ2v) is 5.35. The predicted molar refractivity (Wildman–Crippen MR) is 65.5 cm³/mol. The van der Waals surface area contributed by atoms with Gasteiger partial charge in [0.15, 0.2) is 11.5 Å². The van der Waals surface area contributed by atoms with Crippen molar-refractivity contribution < 1.29 is 19.4 Å². The van der Waals surface area contributed by atoms with E-state index < -0.39 is 5.97 Å². The highest BCUT2D eigenvalue weighted by molar-refractivity contribution is 6.33. The molecule has 1 N–H and O–H groups in total. The van der Waals surface area contributed by atoms with Crippen LogP contribution in [-0.2, 0) is 10.2 Å². The maximum absolute atomic E-state index is 11.0. The molecule has 1 saturated carbocycles. The topological polar surface area (TPSA) is 55.8 Å². The van der Waals surface area contributed by atoms with Crippen LogP contribution in [-0.4, -0.2) is 17.9 Å². The Morgan fingerprint density at radius 1 is 1.50 bits per heavy atom. The molecule has 0 saturated heterocycles. The fourth-order valence-electron chi connectivity index (χ4n) is 2.73. The highest BCUT2D eigenvalue weighted by Gasteiger charge is 2.49. The number of aliphatic carboxylic acids is 1. The average molecular weight is 269 g/mol. The summed E-state index contributed by atoms with van der Waals surface area (Å²) in [5.41, 5.74) is 1.58. The van der Waals surface area contributed by atoms with Crippen LogP contribution in [0.1, 0.15) is 30.4 Å². The number of aryl methyl sites for hydroxylation is 1. The molecule has 3 rings (SSSR count). The van der Waals surface area contributed by atoms with E-state index in [-0.39, 0.29) is 18.6 Å². The highest BCUT2D eigenvalue weighted by atomic mass is 35.5. The van der Waals surface area contributed by atoms with Gasteiger partial charge in [0, 0.05) is 5.41 Å². The van der Waals surface area contributed by atoms with Gasteiger partial charge in [-0.3, -0.25) is 4.79 Å². The molecule has 96 valence electrons. The van der Waals surface area contributed by atoms with Crippen molar-refractivity contribution in [1.82, 2.24) is 0 Å². The summed E-state index contributed by atoms with van der Waals surface area (Å²) in [5, 5.41) is 9.54. The van der Waals surface area contributed by atoms with Crippen molar-refractivity contribution >= 4 is 17.6 Å². The molecular weight excluding hydrogens is 256 g/mol. The van der Waals surface area contributed by atoms with Crippen molar-refractivity contribution in [2.45, 2.75) is 31.6 Å². The largest absolute Gasteiger partial charge is 0.481 e. The van der Waals surface area contributed by atoms with Gasteiger partial charge in [-0.15, -0.1) is 0 Å². The molecule has 4 nitrogen and oxygen atoms in total. The third kappa shape index (κ3) is 1.63. The van der Waals surface area contributed by atoms with E-state index >= 15 is 0 Å². The lowest BCUT2D eigenvalue weighted by molar-refractivity contribution is -0.137. The molecule has 2 aliphatic rings. The number of halogens is 1. The SMILES string of the molecule is Cc1cc2c(c(Cl)c1C1(CC(=O)O)CC1)OCO2. The van der Waals surface area contributed by atoms with Crippen LogP contribution in [0.3, 0.4) is 0 Å². The summed E-state index contributed by atoms with van der Waals surface area (Å²) in [7, 11) is 0. The second kappa shape index (κ2) is 3.79. The summed E-state index contributed by atoms with van der Waals surface area (Å²) in [6.45, 7) is 2.11. The standard InChI is InChI=1S/C13H13ClO4/c1-7-4-8-12(18-6-17-8)11(14)10(7)13(2-3-13)5-9(15)16/h4H,2-3,5-6H2,1H3,(H,15,16). The minimum Gasteiger partial charge on any atom is -0.481 e. The van der Waals surface area contributed by atoms with E-state index in [1.165, 1.54) is 0 Å². The van der Waals surface area contributed by atoms with Crippen LogP contribution in [0, 0.1) is 6.92 Å². The zero-order chi connectivity index (χ0) is 12.9. The van der Waals surface area contributed by atoms with Gasteiger partial charge in [-0.2, -0.15) is 0 Å². The number of ether oxygens (including phenoxy) is 2. The maximum Gasteiger partial charge on any atom is 0.304 e. The lowest BCUT2D eigenvalue weighted by Gasteiger charge is -2.19. The monoisotopic (exact) mass is 268 g/mol. The van der Waals surface area contributed by atoms with Crippen molar-refractivity contribution in [3.63, 3.8) is 0 Å². The van der Waals surface area contributed by atoms with Gasteiger partial charge in [-0.25, -0.2) is 0 Å². The Morgan fingerprint density at radius 2 is 2.22 bits per heavy atom. The Balaban J connectivity index is 2.10. The van der Waals surface area contributed by atoms with Crippen LogP contribution in [0.15, 0.2) is 6.07 Å². The molecule has 0 amide bonds. The summed E-state index contributed by atoms with van der Waals surface area (Å²) in [5.74, 6) is 0.405. The fourth-order valence-corrected chi connectivity index (χ4v) is 3.23. The van der Waals surface area contributed by atoms with Gasteiger partial charge in [-0.05, 0) is 37.0 Å². The molecular formula is C13H13ClO4. The van der Waals surface area contributed by atoms with E-state index in [1.807, 2.05) is 13.0 Å². The number of carboxylic acids is 1. The van der Waals surface area contributed by atoms with E-state index in [4.69, 9.17) is 26.2 Å². The van der Waals surface area contributed by atoms with Crippen molar-refractivity contribution in [3.8, 4) is 11.5 Å². The lowest BCUT2D eigenvalue weighted by atomic mass is 9.88. The Morgan fingerprint density at radius 3 is 2.83 bits per heavy atom. The maximum atomic E-state index is 11.0. The smallest absolute Gasteiger partial charge is 0.304 e. The molecule has 18 heavy (non-hydrogen) atoms. The van der Waals surface area contributed by atoms with E-state index in [2.05, 4.69) is 0 Å². The number of hydrogen-bond donors (Lipinski definition) is 1. The van der Waals surface area contributed by atoms with Gasteiger partial charge < -0.3 is 14.6 Å². The molecule has 1 aliphatic carbocycles. The summed E-state index contributed by atoms with van der Waals surface area (Å²) >= 11 is 6.37. The number of carboxylic acid groups (broad SMARTS) is 1. The molecule has 1 heterocycles. The minimum absolute atomic E-state index is 0.118. The molecule has 0 unspecified atom stereocenters. The van der Waals surface area contributed by atoms with E-state index in [1.54, 1.807) is 0 Å². The molecule has 0 atom stereocenters. The zero-order valence-electron chi connectivity index (χ0n) is 9.96. The van der Waals surface area contributed by atoms with Crippen molar-refractivity contribution in [2.24, 2.45) is 0 Å². The molecule has 5 heteroatoms. The molecule has 1 aromatic rings. The van der Waals surface area contributed by atoms with Gasteiger partial charge in [-0.1, -0.05) is 11.6 Å². The Hall–Kier alpha value is -1.42.